The summed E-state index contributed by atoms with van der Waals surface area (Å²) in [5, 5.41) is 2.97. The Labute approximate surface area is 146 Å². The molecule has 140 valence electrons. The Morgan fingerprint density at radius 3 is 2.50 bits per heavy atom. The van der Waals surface area contributed by atoms with Gasteiger partial charge < -0.3 is 20.7 Å². The third kappa shape index (κ3) is 6.77. The lowest BCUT2D eigenvalue weighted by Crippen LogP contribution is -2.55. The van der Waals surface area contributed by atoms with Crippen LogP contribution >= 0.6 is 0 Å². The van der Waals surface area contributed by atoms with Crippen molar-refractivity contribution in [2.75, 3.05) is 26.2 Å². The van der Waals surface area contributed by atoms with Gasteiger partial charge in [-0.25, -0.2) is 0 Å². The second-order valence-corrected chi connectivity index (χ2v) is 7.30. The number of nitrogens with zero attached hydrogens (tertiary/aromatic N) is 1. The zero-order chi connectivity index (χ0) is 18.2. The molecule has 1 rings (SSSR count). The van der Waals surface area contributed by atoms with Crippen LogP contribution in [0.1, 0.15) is 59.8 Å². The highest BCUT2D eigenvalue weighted by atomic mass is 16.5. The summed E-state index contributed by atoms with van der Waals surface area (Å²) in [5.74, 6) is 0.0972. The van der Waals surface area contributed by atoms with Gasteiger partial charge in [-0.05, 0) is 46.5 Å². The van der Waals surface area contributed by atoms with Gasteiger partial charge in [-0.2, -0.15) is 0 Å². The van der Waals surface area contributed by atoms with Gasteiger partial charge in [0.25, 0.3) is 0 Å². The van der Waals surface area contributed by atoms with Gasteiger partial charge in [0.2, 0.25) is 11.8 Å². The summed E-state index contributed by atoms with van der Waals surface area (Å²) in [4.78, 5) is 26.5. The summed E-state index contributed by atoms with van der Waals surface area (Å²) in [6.45, 7) is 10.4. The SMILES string of the molecule is CCCC(C)(N)C(=O)N1CCC(C(=O)NCCCOC(C)C)CC1. The maximum Gasteiger partial charge on any atom is 0.242 e. The summed E-state index contributed by atoms with van der Waals surface area (Å²) in [5.41, 5.74) is 5.34. The molecule has 2 amide bonds. The Kier molecular flexibility index (Phi) is 8.70. The quantitative estimate of drug-likeness (QED) is 0.625. The molecule has 0 aromatic carbocycles. The van der Waals surface area contributed by atoms with Gasteiger partial charge in [0, 0.05) is 32.2 Å². The standard InChI is InChI=1S/C18H35N3O3/c1-5-9-18(4,19)17(23)21-11-7-15(8-12-21)16(22)20-10-6-13-24-14(2)3/h14-15H,5-13,19H2,1-4H3,(H,20,22). The first-order valence-corrected chi connectivity index (χ1v) is 9.25. The normalized spacial score (nSPS) is 18.5. The number of ether oxygens (including phenoxy) is 1. The summed E-state index contributed by atoms with van der Waals surface area (Å²) >= 11 is 0. The van der Waals surface area contributed by atoms with Gasteiger partial charge in [0.15, 0.2) is 0 Å². The van der Waals surface area contributed by atoms with Crippen LogP contribution in [-0.4, -0.2) is 54.6 Å². The van der Waals surface area contributed by atoms with Crippen LogP contribution in [0.5, 0.6) is 0 Å². The number of rotatable bonds is 9. The van der Waals surface area contributed by atoms with Crippen LogP contribution in [-0.2, 0) is 14.3 Å². The molecular weight excluding hydrogens is 306 g/mol. The lowest BCUT2D eigenvalue weighted by molar-refractivity contribution is -0.140. The van der Waals surface area contributed by atoms with Crippen molar-refractivity contribution in [1.82, 2.24) is 10.2 Å². The van der Waals surface area contributed by atoms with Crippen LogP contribution in [0, 0.1) is 5.92 Å². The van der Waals surface area contributed by atoms with Crippen molar-refractivity contribution >= 4 is 11.8 Å². The molecule has 1 aliphatic heterocycles. The fourth-order valence-corrected chi connectivity index (χ4v) is 3.08. The molecule has 0 aliphatic carbocycles. The van der Waals surface area contributed by atoms with Gasteiger partial charge >= 0.3 is 0 Å². The van der Waals surface area contributed by atoms with Crippen LogP contribution in [0.25, 0.3) is 0 Å². The van der Waals surface area contributed by atoms with Crippen LogP contribution in [0.15, 0.2) is 0 Å². The fourth-order valence-electron chi connectivity index (χ4n) is 3.08. The smallest absolute Gasteiger partial charge is 0.242 e. The summed E-state index contributed by atoms with van der Waals surface area (Å²) in [7, 11) is 0. The van der Waals surface area contributed by atoms with E-state index < -0.39 is 5.54 Å². The summed E-state index contributed by atoms with van der Waals surface area (Å²) in [6.07, 6.45) is 4.04. The van der Waals surface area contributed by atoms with E-state index in [9.17, 15) is 9.59 Å². The minimum Gasteiger partial charge on any atom is -0.379 e. The number of carbonyl (C=O) groups excluding carboxylic acids is 2. The molecule has 0 aromatic rings. The minimum absolute atomic E-state index is 0.00438. The number of piperidine rings is 1. The lowest BCUT2D eigenvalue weighted by atomic mass is 9.91. The van der Waals surface area contributed by atoms with Crippen LogP contribution in [0.3, 0.4) is 0 Å². The molecule has 6 nitrogen and oxygen atoms in total. The van der Waals surface area contributed by atoms with Crippen LogP contribution in [0.4, 0.5) is 0 Å². The van der Waals surface area contributed by atoms with E-state index in [0.717, 1.165) is 12.8 Å². The monoisotopic (exact) mass is 341 g/mol. The predicted molar refractivity (Wildman–Crippen MR) is 95.5 cm³/mol. The summed E-state index contributed by atoms with van der Waals surface area (Å²) < 4.78 is 5.45. The molecule has 1 aliphatic rings. The van der Waals surface area contributed by atoms with E-state index >= 15 is 0 Å². The van der Waals surface area contributed by atoms with E-state index in [-0.39, 0.29) is 23.8 Å². The molecule has 1 atom stereocenters. The molecule has 0 saturated carbocycles. The van der Waals surface area contributed by atoms with Gasteiger partial charge in [-0.1, -0.05) is 13.3 Å². The first kappa shape index (κ1) is 20.9. The highest BCUT2D eigenvalue weighted by Gasteiger charge is 2.35. The maximum absolute atomic E-state index is 12.5. The van der Waals surface area contributed by atoms with Crippen molar-refractivity contribution in [2.45, 2.75) is 71.4 Å². The first-order chi connectivity index (χ1) is 11.3. The highest BCUT2D eigenvalue weighted by Crippen LogP contribution is 2.21. The Morgan fingerprint density at radius 1 is 1.33 bits per heavy atom. The third-order valence-electron chi connectivity index (χ3n) is 4.48. The lowest BCUT2D eigenvalue weighted by Gasteiger charge is -2.36. The Hall–Kier alpha value is -1.14. The van der Waals surface area contributed by atoms with E-state index in [0.29, 0.717) is 45.5 Å². The molecule has 1 heterocycles. The second kappa shape index (κ2) is 9.99. The van der Waals surface area contributed by atoms with E-state index in [1.54, 1.807) is 6.92 Å². The second-order valence-electron chi connectivity index (χ2n) is 7.30. The Bertz CT molecular complexity index is 402. The van der Waals surface area contributed by atoms with Gasteiger partial charge in [0.1, 0.15) is 0 Å². The molecular formula is C18H35N3O3. The molecule has 0 spiro atoms. The highest BCUT2D eigenvalue weighted by molar-refractivity contribution is 5.86. The molecule has 0 radical (unpaired) electrons. The predicted octanol–water partition coefficient (Wildman–Crippen LogP) is 1.67. The van der Waals surface area contributed by atoms with Crippen molar-refractivity contribution in [3.05, 3.63) is 0 Å². The maximum atomic E-state index is 12.5. The van der Waals surface area contributed by atoms with Gasteiger partial charge in [0.05, 0.1) is 11.6 Å². The summed E-state index contributed by atoms with van der Waals surface area (Å²) in [6, 6.07) is 0. The first-order valence-electron chi connectivity index (χ1n) is 9.25. The number of carbonyl (C=O) groups is 2. The number of nitrogens with two attached hydrogens (primary N) is 1. The molecule has 0 bridgehead atoms. The van der Waals surface area contributed by atoms with Gasteiger partial charge in [-0.15, -0.1) is 0 Å². The van der Waals surface area contributed by atoms with Crippen molar-refractivity contribution in [1.29, 1.82) is 0 Å². The van der Waals surface area contributed by atoms with Crippen LogP contribution in [0.2, 0.25) is 0 Å². The molecule has 3 N–H and O–H groups in total. The van der Waals surface area contributed by atoms with E-state index in [1.165, 1.54) is 0 Å². The third-order valence-corrected chi connectivity index (χ3v) is 4.48. The average Bonchev–Trinajstić information content (AvgIpc) is 2.53. The zero-order valence-electron chi connectivity index (χ0n) is 15.8. The topological polar surface area (TPSA) is 84.7 Å². The molecule has 0 aromatic heterocycles. The Morgan fingerprint density at radius 2 is 1.96 bits per heavy atom. The molecule has 6 heteroatoms. The molecule has 1 fully saturated rings. The van der Waals surface area contributed by atoms with E-state index in [2.05, 4.69) is 5.32 Å². The fraction of sp³-hybridized carbons (Fsp3) is 0.889. The number of hydrogen-bond acceptors (Lipinski definition) is 4. The number of amides is 2. The number of likely N-dealkylation sites (tertiary alicyclic amines) is 1. The number of nitrogens with one attached hydrogen (secondary N) is 1. The minimum atomic E-state index is -0.791. The van der Waals surface area contributed by atoms with Crippen molar-refractivity contribution in [3.8, 4) is 0 Å². The molecule has 1 saturated heterocycles. The number of hydrogen-bond donors (Lipinski definition) is 2. The van der Waals surface area contributed by atoms with Crippen LogP contribution < -0.4 is 11.1 Å². The average molecular weight is 341 g/mol. The van der Waals surface area contributed by atoms with E-state index in [1.807, 2.05) is 25.7 Å². The van der Waals surface area contributed by atoms with Crippen molar-refractivity contribution in [2.24, 2.45) is 11.7 Å². The zero-order valence-corrected chi connectivity index (χ0v) is 15.8. The van der Waals surface area contributed by atoms with Gasteiger partial charge in [-0.3, -0.25) is 9.59 Å². The van der Waals surface area contributed by atoms with Crippen molar-refractivity contribution < 1.29 is 14.3 Å². The molecule has 1 unspecified atom stereocenters. The molecule has 24 heavy (non-hydrogen) atoms. The Balaban J connectivity index is 2.29. The van der Waals surface area contributed by atoms with Crippen molar-refractivity contribution in [3.63, 3.8) is 0 Å². The largest absolute Gasteiger partial charge is 0.379 e. The van der Waals surface area contributed by atoms with E-state index in [4.69, 9.17) is 10.5 Å².